The van der Waals surface area contributed by atoms with Gasteiger partial charge in [-0.15, -0.1) is 0 Å². The maximum atomic E-state index is 10.3. The van der Waals surface area contributed by atoms with Gasteiger partial charge in [-0.1, -0.05) is 0 Å². The van der Waals surface area contributed by atoms with Gasteiger partial charge in [0.2, 0.25) is 0 Å². The van der Waals surface area contributed by atoms with Crippen LogP contribution in [0.25, 0.3) is 0 Å². The van der Waals surface area contributed by atoms with E-state index in [0.717, 1.165) is 16.4 Å². The third kappa shape index (κ3) is 1.04. The van der Waals surface area contributed by atoms with Gasteiger partial charge in [0.15, 0.2) is 0 Å². The van der Waals surface area contributed by atoms with Crippen LogP contribution in [0.5, 0.6) is 0 Å². The topological polar surface area (TPSA) is 34.9 Å². The second kappa shape index (κ2) is 2.63. The van der Waals surface area contributed by atoms with E-state index >= 15 is 0 Å². The van der Waals surface area contributed by atoms with E-state index in [2.05, 4.69) is 23.3 Å². The van der Waals surface area contributed by atoms with E-state index < -0.39 is 0 Å². The van der Waals surface area contributed by atoms with Gasteiger partial charge in [0.1, 0.15) is 0 Å². The third-order valence-corrected chi connectivity index (χ3v) is 2.33. The molecule has 1 heterocycles. The average Bonchev–Trinajstić information content (AvgIpc) is 2.17. The first-order chi connectivity index (χ1) is 4.66. The summed E-state index contributed by atoms with van der Waals surface area (Å²) >= 11 is 2.67. The van der Waals surface area contributed by atoms with Gasteiger partial charge in [0.25, 0.3) is 0 Å². The number of carbonyl (C=O) groups excluding carboxylic acids is 1. The second-order valence-corrected chi connectivity index (χ2v) is 2.77. The van der Waals surface area contributed by atoms with Gasteiger partial charge in [-0.3, -0.25) is 0 Å². The standard InChI is InChI=1S/C6H7N2O.Rh/c1-5-7-6(4-9)3-8(5)2;/h4H,1-2H3;. The van der Waals surface area contributed by atoms with Crippen LogP contribution >= 0.6 is 0 Å². The molecule has 4 heteroatoms. The van der Waals surface area contributed by atoms with Crippen molar-refractivity contribution in [2.75, 3.05) is 0 Å². The minimum absolute atomic E-state index is 0.493. The van der Waals surface area contributed by atoms with E-state index in [1.54, 1.807) is 0 Å². The van der Waals surface area contributed by atoms with Crippen molar-refractivity contribution in [1.82, 2.24) is 9.55 Å². The number of rotatable bonds is 1. The van der Waals surface area contributed by atoms with Gasteiger partial charge >= 0.3 is 68.7 Å². The molecule has 1 aromatic heterocycles. The van der Waals surface area contributed by atoms with Crippen LogP contribution in [0.1, 0.15) is 16.3 Å². The molecule has 0 unspecified atom stereocenters. The number of aromatic nitrogens is 2. The Morgan fingerprint density at radius 1 is 1.70 bits per heavy atom. The van der Waals surface area contributed by atoms with Crippen LogP contribution in [0.4, 0.5) is 0 Å². The molecule has 0 aliphatic carbocycles. The van der Waals surface area contributed by atoms with Crippen LogP contribution in [-0.4, -0.2) is 15.8 Å². The molecule has 56 valence electrons. The average molecular weight is 226 g/mol. The predicted octanol–water partition coefficient (Wildman–Crippen LogP) is -0.287. The molecule has 0 saturated carbocycles. The SMILES string of the molecule is Cc1nc(C=O)[c]([Rh])n1C. The number of hydrogen-bond donors (Lipinski definition) is 0. The zero-order valence-corrected chi connectivity index (χ0v) is 7.35. The van der Waals surface area contributed by atoms with E-state index in [0.29, 0.717) is 5.69 Å². The Labute approximate surface area is 69.1 Å². The van der Waals surface area contributed by atoms with E-state index in [4.69, 9.17) is 0 Å². The molecule has 0 spiro atoms. The van der Waals surface area contributed by atoms with E-state index in [9.17, 15) is 4.79 Å². The van der Waals surface area contributed by atoms with Crippen molar-refractivity contribution >= 4 is 10.6 Å². The molecule has 1 rings (SSSR count). The first-order valence-corrected chi connectivity index (χ1v) is 3.60. The van der Waals surface area contributed by atoms with Gasteiger partial charge in [-0.2, -0.15) is 0 Å². The Morgan fingerprint density at radius 2 is 2.30 bits per heavy atom. The van der Waals surface area contributed by atoms with Crippen molar-refractivity contribution in [3.63, 3.8) is 0 Å². The molecular formula is C6H7N2ORh. The summed E-state index contributed by atoms with van der Waals surface area (Å²) in [7, 11) is 1.87. The molecule has 0 aromatic carbocycles. The summed E-state index contributed by atoms with van der Waals surface area (Å²) in [6, 6.07) is 0. The first-order valence-electron chi connectivity index (χ1n) is 2.78. The van der Waals surface area contributed by atoms with E-state index in [-0.39, 0.29) is 0 Å². The zero-order chi connectivity index (χ0) is 7.72. The number of aryl methyl sites for hydroxylation is 1. The molecule has 0 bridgehead atoms. The Hall–Kier alpha value is -0.497. The number of nitrogens with zero attached hydrogens (tertiary/aromatic N) is 2. The molecule has 0 N–H and O–H groups in total. The summed E-state index contributed by atoms with van der Waals surface area (Å²) in [6.07, 6.45) is 0.753. The Morgan fingerprint density at radius 3 is 2.50 bits per heavy atom. The Kier molecular flexibility index (Phi) is 2.00. The van der Waals surface area contributed by atoms with Gasteiger partial charge in [0, 0.05) is 0 Å². The first kappa shape index (κ1) is 7.61. The molecule has 0 amide bonds. The minimum atomic E-state index is 0.493. The van der Waals surface area contributed by atoms with Crippen LogP contribution < -0.4 is 4.29 Å². The Bertz CT molecular complexity index is 267. The van der Waals surface area contributed by atoms with Crippen molar-refractivity contribution in [2.45, 2.75) is 6.92 Å². The van der Waals surface area contributed by atoms with E-state index in [1.807, 2.05) is 18.5 Å². The summed E-state index contributed by atoms with van der Waals surface area (Å²) in [5.41, 5.74) is 0.493. The summed E-state index contributed by atoms with van der Waals surface area (Å²) in [6.45, 7) is 1.86. The summed E-state index contributed by atoms with van der Waals surface area (Å²) in [4.78, 5) is 14.3. The number of hydrogen-bond acceptors (Lipinski definition) is 2. The van der Waals surface area contributed by atoms with Crippen LogP contribution in [0, 0.1) is 6.92 Å². The fraction of sp³-hybridized carbons (Fsp3) is 0.333. The molecule has 0 fully saturated rings. The monoisotopic (exact) mass is 226 g/mol. The van der Waals surface area contributed by atoms with Crippen LogP contribution in [0.3, 0.4) is 0 Å². The van der Waals surface area contributed by atoms with Gasteiger partial charge in [-0.05, 0) is 0 Å². The molecule has 1 aromatic rings. The molecule has 0 atom stereocenters. The van der Waals surface area contributed by atoms with Gasteiger partial charge < -0.3 is 0 Å². The number of aldehydes is 1. The molecule has 0 radical (unpaired) electrons. The molecule has 0 saturated heterocycles. The maximum absolute atomic E-state index is 10.3. The molecule has 3 nitrogen and oxygen atoms in total. The van der Waals surface area contributed by atoms with Crippen molar-refractivity contribution in [2.24, 2.45) is 7.05 Å². The van der Waals surface area contributed by atoms with Crippen molar-refractivity contribution in [1.29, 1.82) is 0 Å². The second-order valence-electron chi connectivity index (χ2n) is 1.99. The molecule has 0 aliphatic heterocycles. The number of carbonyl (C=O) groups is 1. The van der Waals surface area contributed by atoms with Crippen LogP contribution in [0.2, 0.25) is 0 Å². The van der Waals surface area contributed by atoms with Crippen molar-refractivity contribution in [3.05, 3.63) is 11.5 Å². The normalized spacial score (nSPS) is 10.0. The van der Waals surface area contributed by atoms with Crippen LogP contribution in [0.15, 0.2) is 0 Å². The quantitative estimate of drug-likeness (QED) is 0.487. The number of imidazole rings is 1. The fourth-order valence-electron chi connectivity index (χ4n) is 0.672. The summed E-state index contributed by atoms with van der Waals surface area (Å²) < 4.78 is 2.66. The molecule has 0 aliphatic rings. The van der Waals surface area contributed by atoms with Crippen LogP contribution in [-0.2, 0) is 25.3 Å². The third-order valence-electron chi connectivity index (χ3n) is 1.36. The predicted molar refractivity (Wildman–Crippen MR) is 33.0 cm³/mol. The summed E-state index contributed by atoms with van der Waals surface area (Å²) in [5, 5.41) is 0. The Balaban J connectivity index is 3.30. The van der Waals surface area contributed by atoms with Crippen molar-refractivity contribution < 1.29 is 23.1 Å². The molecular weight excluding hydrogens is 219 g/mol. The van der Waals surface area contributed by atoms with Gasteiger partial charge in [0.05, 0.1) is 0 Å². The zero-order valence-electron chi connectivity index (χ0n) is 5.71. The van der Waals surface area contributed by atoms with E-state index in [1.165, 1.54) is 0 Å². The fourth-order valence-corrected chi connectivity index (χ4v) is 1.13. The van der Waals surface area contributed by atoms with Gasteiger partial charge in [-0.25, -0.2) is 0 Å². The summed E-state index contributed by atoms with van der Waals surface area (Å²) in [5.74, 6) is 0.847. The van der Waals surface area contributed by atoms with Crippen molar-refractivity contribution in [3.8, 4) is 0 Å². The molecule has 10 heavy (non-hydrogen) atoms.